The summed E-state index contributed by atoms with van der Waals surface area (Å²) >= 11 is 0. The van der Waals surface area contributed by atoms with Gasteiger partial charge in [0.05, 0.1) is 0 Å². The van der Waals surface area contributed by atoms with Gasteiger partial charge in [0.25, 0.3) is 0 Å². The van der Waals surface area contributed by atoms with E-state index < -0.39 is 15.6 Å². The van der Waals surface area contributed by atoms with E-state index in [9.17, 15) is 0 Å². The van der Waals surface area contributed by atoms with Gasteiger partial charge in [-0.15, -0.1) is 0 Å². The zero-order chi connectivity index (χ0) is 21.1. The van der Waals surface area contributed by atoms with E-state index in [4.69, 9.17) is 18.4 Å². The van der Waals surface area contributed by atoms with Crippen molar-refractivity contribution in [2.75, 3.05) is 0 Å². The van der Waals surface area contributed by atoms with Gasteiger partial charge in [-0.1, -0.05) is 26.8 Å². The Labute approximate surface area is 173 Å². The van der Waals surface area contributed by atoms with Crippen LogP contribution in [0.25, 0.3) is 0 Å². The SMILES string of the molecule is CC(C)OB(Oc1ccc2c(c1)CCC(O[Si](C)(C)C(C)(C)C)C2)OC(C)C. The Hall–Kier alpha value is -0.818. The fourth-order valence-electron chi connectivity index (χ4n) is 3.11. The summed E-state index contributed by atoms with van der Waals surface area (Å²) in [7, 11) is -2.42. The summed E-state index contributed by atoms with van der Waals surface area (Å²) in [6.07, 6.45) is 3.46. The van der Waals surface area contributed by atoms with Crippen LogP contribution in [0.1, 0.15) is 66.0 Å². The first-order valence-electron chi connectivity index (χ1n) is 10.6. The number of aryl methyl sites for hydroxylation is 1. The predicted molar refractivity (Wildman–Crippen MR) is 119 cm³/mol. The molecule has 0 saturated carbocycles. The Kier molecular flexibility index (Phi) is 7.82. The third-order valence-electron chi connectivity index (χ3n) is 5.63. The van der Waals surface area contributed by atoms with E-state index in [0.717, 1.165) is 25.0 Å². The fourth-order valence-corrected chi connectivity index (χ4v) is 4.50. The summed E-state index contributed by atoms with van der Waals surface area (Å²) < 4.78 is 24.1. The maximum absolute atomic E-state index is 6.65. The zero-order valence-corrected chi connectivity index (χ0v) is 20.3. The molecule has 0 aliphatic heterocycles. The lowest BCUT2D eigenvalue weighted by molar-refractivity contribution is 0.0849. The second kappa shape index (κ2) is 9.33. The molecule has 0 bridgehead atoms. The second-order valence-electron chi connectivity index (χ2n) is 9.95. The molecule has 0 spiro atoms. The molecule has 1 aromatic carbocycles. The largest absolute Gasteiger partial charge is 0.713 e. The van der Waals surface area contributed by atoms with Crippen molar-refractivity contribution in [2.24, 2.45) is 0 Å². The van der Waals surface area contributed by atoms with Gasteiger partial charge in [-0.25, -0.2) is 0 Å². The summed E-state index contributed by atoms with van der Waals surface area (Å²) in [5.41, 5.74) is 2.72. The third kappa shape index (κ3) is 6.61. The lowest BCUT2D eigenvalue weighted by Crippen LogP contribution is -2.45. The number of hydrogen-bond acceptors (Lipinski definition) is 4. The Morgan fingerprint density at radius 2 is 1.61 bits per heavy atom. The maximum Gasteiger partial charge on any atom is 0.713 e. The average Bonchev–Trinajstić information content (AvgIpc) is 2.52. The van der Waals surface area contributed by atoms with Crippen LogP contribution in [0, 0.1) is 0 Å². The summed E-state index contributed by atoms with van der Waals surface area (Å²) in [5.74, 6) is 0.800. The minimum absolute atomic E-state index is 0.0367. The van der Waals surface area contributed by atoms with Gasteiger partial charge in [0.2, 0.25) is 0 Å². The van der Waals surface area contributed by atoms with E-state index in [1.54, 1.807) is 0 Å². The van der Waals surface area contributed by atoms with Crippen molar-refractivity contribution in [1.29, 1.82) is 0 Å². The summed E-state index contributed by atoms with van der Waals surface area (Å²) in [6, 6.07) is 6.33. The van der Waals surface area contributed by atoms with Crippen molar-refractivity contribution in [3.63, 3.8) is 0 Å². The molecule has 1 aromatic rings. The summed E-state index contributed by atoms with van der Waals surface area (Å²) in [6.45, 7) is 19.5. The van der Waals surface area contributed by atoms with Crippen LogP contribution in [-0.2, 0) is 26.6 Å². The van der Waals surface area contributed by atoms with E-state index in [2.05, 4.69) is 46.0 Å². The quantitative estimate of drug-likeness (QED) is 0.513. The smallest absolute Gasteiger partial charge is 0.512 e. The first-order valence-corrected chi connectivity index (χ1v) is 13.6. The standard InChI is InChI=1S/C22H39BO4Si/c1-16(2)24-23(25-17(3)4)26-20-12-10-19-15-21(13-11-18(19)14-20)27-28(8,9)22(5,6)7/h10,12,14,16-17,21H,11,13,15H2,1-9H3. The van der Waals surface area contributed by atoms with Gasteiger partial charge >= 0.3 is 7.32 Å². The van der Waals surface area contributed by atoms with Crippen LogP contribution in [0.3, 0.4) is 0 Å². The number of benzene rings is 1. The Bertz CT molecular complexity index is 630. The van der Waals surface area contributed by atoms with E-state index >= 15 is 0 Å². The molecule has 28 heavy (non-hydrogen) atoms. The molecule has 0 radical (unpaired) electrons. The van der Waals surface area contributed by atoms with Crippen LogP contribution in [0.2, 0.25) is 18.1 Å². The van der Waals surface area contributed by atoms with Crippen molar-refractivity contribution in [3.8, 4) is 5.75 Å². The fraction of sp³-hybridized carbons (Fsp3) is 0.727. The van der Waals surface area contributed by atoms with E-state index in [0.29, 0.717) is 6.10 Å². The molecule has 0 fully saturated rings. The van der Waals surface area contributed by atoms with Gasteiger partial charge < -0.3 is 18.4 Å². The Morgan fingerprint density at radius 3 is 2.14 bits per heavy atom. The van der Waals surface area contributed by atoms with Gasteiger partial charge in [0, 0.05) is 18.3 Å². The maximum atomic E-state index is 6.65. The molecule has 0 heterocycles. The molecule has 2 rings (SSSR count). The minimum atomic E-state index is -1.74. The molecule has 1 atom stereocenters. The average molecular weight is 406 g/mol. The Morgan fingerprint density at radius 1 is 1.00 bits per heavy atom. The van der Waals surface area contributed by atoms with Crippen molar-refractivity contribution in [2.45, 2.75) is 104 Å². The van der Waals surface area contributed by atoms with Gasteiger partial charge in [0.15, 0.2) is 8.32 Å². The molecule has 6 heteroatoms. The van der Waals surface area contributed by atoms with E-state index in [1.165, 1.54) is 11.1 Å². The molecule has 1 unspecified atom stereocenters. The van der Waals surface area contributed by atoms with Crippen LogP contribution >= 0.6 is 0 Å². The number of hydrogen-bond donors (Lipinski definition) is 0. The van der Waals surface area contributed by atoms with Crippen molar-refractivity contribution in [1.82, 2.24) is 0 Å². The van der Waals surface area contributed by atoms with Crippen LogP contribution in [-0.4, -0.2) is 34.0 Å². The van der Waals surface area contributed by atoms with E-state index in [1.807, 2.05) is 33.8 Å². The number of rotatable bonds is 8. The molecule has 1 aliphatic rings. The normalized spacial score (nSPS) is 17.8. The summed E-state index contributed by atoms with van der Waals surface area (Å²) in [4.78, 5) is 0. The highest BCUT2D eigenvalue weighted by molar-refractivity contribution is 6.74. The lowest BCUT2D eigenvalue weighted by Gasteiger charge is -2.40. The molecule has 0 saturated heterocycles. The van der Waals surface area contributed by atoms with Crippen LogP contribution in [0.15, 0.2) is 18.2 Å². The highest BCUT2D eigenvalue weighted by Gasteiger charge is 2.39. The molecule has 0 amide bonds. The Balaban J connectivity index is 2.05. The molecule has 0 N–H and O–H groups in total. The molecular weight excluding hydrogens is 367 g/mol. The van der Waals surface area contributed by atoms with Gasteiger partial charge in [-0.05, 0) is 88.3 Å². The van der Waals surface area contributed by atoms with Gasteiger partial charge in [0.1, 0.15) is 5.75 Å². The van der Waals surface area contributed by atoms with Crippen molar-refractivity contribution >= 4 is 15.6 Å². The third-order valence-corrected chi connectivity index (χ3v) is 10.2. The van der Waals surface area contributed by atoms with Crippen LogP contribution in [0.4, 0.5) is 0 Å². The molecule has 4 nitrogen and oxygen atoms in total. The van der Waals surface area contributed by atoms with Crippen molar-refractivity contribution < 1.29 is 18.4 Å². The first kappa shape index (κ1) is 23.5. The molecule has 158 valence electrons. The van der Waals surface area contributed by atoms with E-state index in [-0.39, 0.29) is 17.2 Å². The zero-order valence-electron chi connectivity index (χ0n) is 19.3. The first-order chi connectivity index (χ1) is 12.9. The van der Waals surface area contributed by atoms with Crippen LogP contribution in [0.5, 0.6) is 5.75 Å². The number of fused-ring (bicyclic) bond motifs is 1. The molecular formula is C22H39BO4Si. The minimum Gasteiger partial charge on any atom is -0.512 e. The molecule has 0 aromatic heterocycles. The van der Waals surface area contributed by atoms with Crippen LogP contribution < -0.4 is 4.65 Å². The monoisotopic (exact) mass is 406 g/mol. The molecule has 1 aliphatic carbocycles. The van der Waals surface area contributed by atoms with Gasteiger partial charge in [-0.3, -0.25) is 0 Å². The second-order valence-corrected chi connectivity index (χ2v) is 14.7. The van der Waals surface area contributed by atoms with Crippen molar-refractivity contribution in [3.05, 3.63) is 29.3 Å². The lowest BCUT2D eigenvalue weighted by atomic mass is 9.90. The highest BCUT2D eigenvalue weighted by Crippen LogP contribution is 2.39. The topological polar surface area (TPSA) is 36.9 Å². The highest BCUT2D eigenvalue weighted by atomic mass is 28.4. The van der Waals surface area contributed by atoms with Gasteiger partial charge in [-0.2, -0.15) is 0 Å². The predicted octanol–water partition coefficient (Wildman–Crippen LogP) is 5.78. The summed E-state index contributed by atoms with van der Waals surface area (Å²) in [5, 5.41) is 0.243.